The Bertz CT molecular complexity index is 394. The van der Waals surface area contributed by atoms with Crippen molar-refractivity contribution in [2.24, 2.45) is 5.92 Å². The summed E-state index contributed by atoms with van der Waals surface area (Å²) in [5, 5.41) is 0.757. The zero-order valence-corrected chi connectivity index (χ0v) is 12.9. The molecule has 0 aromatic carbocycles. The number of aryl methyl sites for hydroxylation is 1. The highest BCUT2D eigenvalue weighted by molar-refractivity contribution is 9.08. The van der Waals surface area contributed by atoms with E-state index in [0.29, 0.717) is 12.0 Å². The van der Waals surface area contributed by atoms with E-state index >= 15 is 0 Å². The molecule has 18 heavy (non-hydrogen) atoms. The van der Waals surface area contributed by atoms with Gasteiger partial charge in [0.05, 0.1) is 5.69 Å². The van der Waals surface area contributed by atoms with Gasteiger partial charge in [-0.3, -0.25) is 4.98 Å². The molecule has 0 N–H and O–H groups in total. The van der Waals surface area contributed by atoms with E-state index in [2.05, 4.69) is 33.9 Å². The van der Waals surface area contributed by atoms with Crippen LogP contribution in [0.4, 0.5) is 0 Å². The van der Waals surface area contributed by atoms with Crippen molar-refractivity contribution in [3.8, 4) is 5.75 Å². The summed E-state index contributed by atoms with van der Waals surface area (Å²) >= 11 is 3.50. The van der Waals surface area contributed by atoms with Gasteiger partial charge >= 0.3 is 0 Å². The molecule has 2 unspecified atom stereocenters. The second-order valence-electron chi connectivity index (χ2n) is 5.14. The summed E-state index contributed by atoms with van der Waals surface area (Å²) in [6.45, 7) is 4.29. The maximum absolute atomic E-state index is 6.24. The second kappa shape index (κ2) is 6.55. The van der Waals surface area contributed by atoms with Gasteiger partial charge in [-0.1, -0.05) is 29.3 Å². The van der Waals surface area contributed by atoms with Gasteiger partial charge < -0.3 is 4.74 Å². The number of alkyl halides is 1. The maximum Gasteiger partial charge on any atom is 0.142 e. The quantitative estimate of drug-likeness (QED) is 0.756. The van der Waals surface area contributed by atoms with Crippen molar-refractivity contribution < 1.29 is 4.74 Å². The molecule has 2 nitrogen and oxygen atoms in total. The lowest BCUT2D eigenvalue weighted by molar-refractivity contribution is 0.0892. The molecule has 2 rings (SSSR count). The maximum atomic E-state index is 6.24. The van der Waals surface area contributed by atoms with Crippen LogP contribution >= 0.6 is 15.9 Å². The van der Waals surface area contributed by atoms with Crippen LogP contribution in [0.3, 0.4) is 0 Å². The monoisotopic (exact) mass is 311 g/mol. The summed E-state index contributed by atoms with van der Waals surface area (Å²) in [5.41, 5.74) is 2.07. The van der Waals surface area contributed by atoms with E-state index in [0.717, 1.165) is 22.5 Å². The smallest absolute Gasteiger partial charge is 0.142 e. The molecule has 1 heterocycles. The van der Waals surface area contributed by atoms with Gasteiger partial charge in [0.25, 0.3) is 0 Å². The summed E-state index contributed by atoms with van der Waals surface area (Å²) in [7, 11) is 0. The molecule has 2 atom stereocenters. The number of pyridine rings is 1. The summed E-state index contributed by atoms with van der Waals surface area (Å²) in [5.74, 6) is 1.67. The Kier molecular flexibility index (Phi) is 5.04. The van der Waals surface area contributed by atoms with E-state index in [-0.39, 0.29) is 0 Å². The lowest BCUT2D eigenvalue weighted by Crippen LogP contribution is -2.30. The molecule has 1 aliphatic rings. The van der Waals surface area contributed by atoms with Gasteiger partial charge in [0.2, 0.25) is 0 Å². The van der Waals surface area contributed by atoms with Gasteiger partial charge in [-0.25, -0.2) is 0 Å². The first kappa shape index (κ1) is 13.9. The van der Waals surface area contributed by atoms with Crippen LogP contribution in [0.5, 0.6) is 5.75 Å². The Labute approximate surface area is 118 Å². The molecular formula is C15H22BrNO. The topological polar surface area (TPSA) is 22.1 Å². The second-order valence-corrected chi connectivity index (χ2v) is 5.70. The molecule has 0 saturated heterocycles. The lowest BCUT2D eigenvalue weighted by Gasteiger charge is -2.31. The van der Waals surface area contributed by atoms with Crippen molar-refractivity contribution in [3.63, 3.8) is 0 Å². The Morgan fingerprint density at radius 1 is 1.33 bits per heavy atom. The van der Waals surface area contributed by atoms with E-state index in [9.17, 15) is 0 Å². The summed E-state index contributed by atoms with van der Waals surface area (Å²) < 4.78 is 6.24. The molecule has 0 aliphatic heterocycles. The van der Waals surface area contributed by atoms with Gasteiger partial charge in [-0.2, -0.15) is 0 Å². The summed E-state index contributed by atoms with van der Waals surface area (Å²) in [6, 6.07) is 4.10. The molecule has 1 aliphatic carbocycles. The van der Waals surface area contributed by atoms with Crippen molar-refractivity contribution in [1.29, 1.82) is 0 Å². The van der Waals surface area contributed by atoms with Crippen LogP contribution in [-0.2, 0) is 5.33 Å². The zero-order valence-electron chi connectivity index (χ0n) is 11.3. The normalized spacial score (nSPS) is 23.9. The van der Waals surface area contributed by atoms with Crippen LogP contribution in [0.2, 0.25) is 0 Å². The molecule has 1 fully saturated rings. The number of halogens is 1. The first-order valence-corrected chi connectivity index (χ1v) is 8.06. The van der Waals surface area contributed by atoms with Crippen molar-refractivity contribution in [2.45, 2.75) is 57.4 Å². The van der Waals surface area contributed by atoms with Crippen LogP contribution in [0.25, 0.3) is 0 Å². The van der Waals surface area contributed by atoms with E-state index in [1.54, 1.807) is 0 Å². The molecule has 1 aromatic heterocycles. The van der Waals surface area contributed by atoms with Crippen LogP contribution in [0.15, 0.2) is 12.1 Å². The van der Waals surface area contributed by atoms with Crippen molar-refractivity contribution >= 4 is 15.9 Å². The summed E-state index contributed by atoms with van der Waals surface area (Å²) in [4.78, 5) is 4.54. The van der Waals surface area contributed by atoms with E-state index < -0.39 is 0 Å². The average Bonchev–Trinajstić information content (AvgIpc) is 2.41. The number of aromatic nitrogens is 1. The molecular weight excluding hydrogens is 290 g/mol. The zero-order chi connectivity index (χ0) is 13.0. The van der Waals surface area contributed by atoms with Gasteiger partial charge in [-0.05, 0) is 50.7 Å². The van der Waals surface area contributed by atoms with Crippen LogP contribution < -0.4 is 4.74 Å². The minimum atomic E-state index is 0.381. The third kappa shape index (κ3) is 3.25. The number of nitrogens with zero attached hydrogens (tertiary/aromatic N) is 1. The lowest BCUT2D eigenvalue weighted by atomic mass is 9.85. The van der Waals surface area contributed by atoms with Crippen molar-refractivity contribution in [2.75, 3.05) is 0 Å². The number of rotatable bonds is 4. The Hall–Kier alpha value is -0.570. The predicted octanol–water partition coefficient (Wildman–Crippen LogP) is 4.63. The summed E-state index contributed by atoms with van der Waals surface area (Å²) in [6.07, 6.45) is 6.75. The first-order valence-electron chi connectivity index (χ1n) is 6.93. The van der Waals surface area contributed by atoms with E-state index in [1.807, 2.05) is 13.0 Å². The molecule has 0 bridgehead atoms. The van der Waals surface area contributed by atoms with Gasteiger partial charge in [-0.15, -0.1) is 0 Å². The largest absolute Gasteiger partial charge is 0.488 e. The van der Waals surface area contributed by atoms with E-state index in [4.69, 9.17) is 4.74 Å². The fourth-order valence-corrected chi connectivity index (χ4v) is 3.16. The third-order valence-corrected chi connectivity index (χ3v) is 4.37. The minimum absolute atomic E-state index is 0.381. The van der Waals surface area contributed by atoms with Crippen LogP contribution in [0.1, 0.15) is 50.4 Å². The number of hydrogen-bond acceptors (Lipinski definition) is 2. The van der Waals surface area contributed by atoms with Crippen LogP contribution in [0, 0.1) is 12.8 Å². The number of ether oxygens (including phenoxy) is 1. The van der Waals surface area contributed by atoms with Crippen molar-refractivity contribution in [1.82, 2.24) is 4.98 Å². The van der Waals surface area contributed by atoms with Crippen molar-refractivity contribution in [3.05, 3.63) is 23.5 Å². The fourth-order valence-electron chi connectivity index (χ4n) is 2.76. The molecule has 0 amide bonds. The number of hydrogen-bond donors (Lipinski definition) is 0. The molecule has 100 valence electrons. The standard InChI is InChI=1S/C15H22BrNO/c1-3-12-6-4-5-7-14(12)18-15-9-8-11(2)17-13(15)10-16/h8-9,12,14H,3-7,10H2,1-2H3. The van der Waals surface area contributed by atoms with E-state index in [1.165, 1.54) is 32.1 Å². The predicted molar refractivity (Wildman–Crippen MR) is 78.3 cm³/mol. The fraction of sp³-hybridized carbons (Fsp3) is 0.667. The highest BCUT2D eigenvalue weighted by Crippen LogP contribution is 2.31. The van der Waals surface area contributed by atoms with Gasteiger partial charge in [0.1, 0.15) is 11.9 Å². The molecule has 3 heteroatoms. The molecule has 1 aromatic rings. The Morgan fingerprint density at radius 3 is 2.83 bits per heavy atom. The molecule has 1 saturated carbocycles. The Morgan fingerprint density at radius 2 is 2.11 bits per heavy atom. The average molecular weight is 312 g/mol. The highest BCUT2D eigenvalue weighted by atomic mass is 79.9. The molecule has 0 spiro atoms. The molecule has 0 radical (unpaired) electrons. The Balaban J connectivity index is 2.12. The first-order chi connectivity index (χ1) is 8.74. The third-order valence-electron chi connectivity index (χ3n) is 3.84. The van der Waals surface area contributed by atoms with Crippen LogP contribution in [-0.4, -0.2) is 11.1 Å². The van der Waals surface area contributed by atoms with Gasteiger partial charge in [0.15, 0.2) is 0 Å². The highest BCUT2D eigenvalue weighted by Gasteiger charge is 2.25. The SMILES string of the molecule is CCC1CCCCC1Oc1ccc(C)nc1CBr. The van der Waals surface area contributed by atoms with Gasteiger partial charge in [0, 0.05) is 11.0 Å². The minimum Gasteiger partial charge on any atom is -0.488 e.